The molecule has 1 aliphatic heterocycles. The summed E-state index contributed by atoms with van der Waals surface area (Å²) in [6.07, 6.45) is 5.43. The Kier molecular flexibility index (Phi) is 9.89. The summed E-state index contributed by atoms with van der Waals surface area (Å²) in [6, 6.07) is 15.2. The number of rotatable bonds is 10. The summed E-state index contributed by atoms with van der Waals surface area (Å²) in [7, 11) is 0. The summed E-state index contributed by atoms with van der Waals surface area (Å²) < 4.78 is 5.88. The molecule has 1 aromatic heterocycles. The number of aromatic amines is 1. The summed E-state index contributed by atoms with van der Waals surface area (Å²) >= 11 is 0. The molecule has 47 heavy (non-hydrogen) atoms. The largest absolute Gasteiger partial charge is 0.491 e. The molecule has 2 heterocycles. The van der Waals surface area contributed by atoms with E-state index in [0.29, 0.717) is 23.0 Å². The molecule has 1 saturated carbocycles. The number of ether oxygens (including phenoxy) is 1. The van der Waals surface area contributed by atoms with Crippen molar-refractivity contribution in [2.75, 3.05) is 0 Å². The zero-order chi connectivity index (χ0) is 34.0. The van der Waals surface area contributed by atoms with E-state index in [-0.39, 0.29) is 41.3 Å². The first-order valence-corrected chi connectivity index (χ1v) is 17.0. The van der Waals surface area contributed by atoms with Crippen LogP contribution in [0.25, 0.3) is 0 Å². The zero-order valence-electron chi connectivity index (χ0n) is 29.3. The Balaban J connectivity index is 1.49. The number of amides is 2. The monoisotopic (exact) mass is 641 g/mol. The van der Waals surface area contributed by atoms with Gasteiger partial charge in [-0.15, -0.1) is 10.2 Å². The molecule has 0 radical (unpaired) electrons. The Hall–Kier alpha value is -4.08. The fourth-order valence-electron chi connectivity index (χ4n) is 6.88. The van der Waals surface area contributed by atoms with E-state index in [9.17, 15) is 9.59 Å². The standard InChI is InChI=1S/C37H51N7O3/c1-24(2)47-29-15-13-26(14-16-29)32-34(46)44(37(39-32)21-17-28(18-22-37)36(6,7)8)30(19-20-35(3,4)5)25-9-11-27(12-10-25)33(45)38-23-31-40-42-43-41-31/h9-16,24,28,30H,17-23H2,1-8H3,(H,38,45)(H,40,41,42,43)/t28?,30-,37?/m1/s1. The number of benzene rings is 2. The molecule has 252 valence electrons. The van der Waals surface area contributed by atoms with Gasteiger partial charge in [0.15, 0.2) is 5.82 Å². The van der Waals surface area contributed by atoms with Gasteiger partial charge in [0, 0.05) is 11.1 Å². The third-order valence-electron chi connectivity index (χ3n) is 9.53. The minimum atomic E-state index is -0.621. The Morgan fingerprint density at radius 3 is 2.23 bits per heavy atom. The normalized spacial score (nSPS) is 20.9. The van der Waals surface area contributed by atoms with Crippen LogP contribution in [0.2, 0.25) is 0 Å². The average molecular weight is 642 g/mol. The van der Waals surface area contributed by atoms with Crippen molar-refractivity contribution in [3.05, 3.63) is 71.0 Å². The maximum atomic E-state index is 14.7. The average Bonchev–Trinajstić information content (AvgIpc) is 3.63. The Bertz CT molecular complexity index is 1540. The van der Waals surface area contributed by atoms with Crippen LogP contribution in [0.4, 0.5) is 0 Å². The summed E-state index contributed by atoms with van der Waals surface area (Å²) in [6.45, 7) is 17.8. The first kappa shape index (κ1) is 34.3. The molecule has 2 aromatic carbocycles. The van der Waals surface area contributed by atoms with Crippen LogP contribution in [0.3, 0.4) is 0 Å². The van der Waals surface area contributed by atoms with E-state index in [2.05, 4.69) is 72.4 Å². The van der Waals surface area contributed by atoms with Crippen LogP contribution in [-0.4, -0.2) is 54.8 Å². The highest BCUT2D eigenvalue weighted by Crippen LogP contribution is 2.50. The van der Waals surface area contributed by atoms with Gasteiger partial charge in [-0.05, 0) is 111 Å². The van der Waals surface area contributed by atoms with Crippen LogP contribution in [0, 0.1) is 16.7 Å². The molecule has 3 aromatic rings. The van der Waals surface area contributed by atoms with Gasteiger partial charge in [0.25, 0.3) is 11.8 Å². The maximum absolute atomic E-state index is 14.7. The molecule has 10 heteroatoms. The van der Waals surface area contributed by atoms with E-state index in [1.165, 1.54) is 0 Å². The number of nitrogens with zero attached hydrogens (tertiary/aromatic N) is 5. The van der Waals surface area contributed by atoms with Gasteiger partial charge in [-0.1, -0.05) is 58.9 Å². The second-order valence-corrected chi connectivity index (χ2v) is 15.7. The molecule has 1 aliphatic carbocycles. The van der Waals surface area contributed by atoms with Gasteiger partial charge in [-0.2, -0.15) is 5.21 Å². The highest BCUT2D eigenvalue weighted by atomic mass is 16.5. The molecule has 2 N–H and O–H groups in total. The lowest BCUT2D eigenvalue weighted by Crippen LogP contribution is -2.51. The number of H-pyrrole nitrogens is 1. The minimum absolute atomic E-state index is 0.0300. The van der Waals surface area contributed by atoms with Gasteiger partial charge in [0.1, 0.15) is 17.1 Å². The number of carbonyl (C=O) groups is 2. The third kappa shape index (κ3) is 8.08. The molecular formula is C37H51N7O3. The lowest BCUT2D eigenvalue weighted by Gasteiger charge is -2.47. The number of tetrazole rings is 1. The van der Waals surface area contributed by atoms with Gasteiger partial charge >= 0.3 is 0 Å². The lowest BCUT2D eigenvalue weighted by atomic mass is 9.69. The lowest BCUT2D eigenvalue weighted by molar-refractivity contribution is -0.134. The molecular weight excluding hydrogens is 590 g/mol. The van der Waals surface area contributed by atoms with Crippen molar-refractivity contribution < 1.29 is 14.3 Å². The summed E-state index contributed by atoms with van der Waals surface area (Å²) in [4.78, 5) is 35.1. The number of hydrogen-bond donors (Lipinski definition) is 2. The number of aliphatic imine (C=N–C) groups is 1. The van der Waals surface area contributed by atoms with Crippen LogP contribution >= 0.6 is 0 Å². The minimum Gasteiger partial charge on any atom is -0.491 e. The highest BCUT2D eigenvalue weighted by molar-refractivity contribution is 6.46. The van der Waals surface area contributed by atoms with E-state index in [0.717, 1.165) is 55.4 Å². The maximum Gasteiger partial charge on any atom is 0.275 e. The van der Waals surface area contributed by atoms with E-state index in [1.54, 1.807) is 0 Å². The molecule has 0 saturated heterocycles. The highest BCUT2D eigenvalue weighted by Gasteiger charge is 2.52. The summed E-state index contributed by atoms with van der Waals surface area (Å²) in [5.74, 6) is 1.50. The van der Waals surface area contributed by atoms with Crippen molar-refractivity contribution in [1.82, 2.24) is 30.8 Å². The van der Waals surface area contributed by atoms with Gasteiger partial charge in [-0.25, -0.2) is 0 Å². The van der Waals surface area contributed by atoms with E-state index in [4.69, 9.17) is 9.73 Å². The van der Waals surface area contributed by atoms with Crippen LogP contribution in [0.1, 0.15) is 127 Å². The van der Waals surface area contributed by atoms with Crippen LogP contribution in [-0.2, 0) is 11.3 Å². The van der Waals surface area contributed by atoms with Gasteiger partial charge in [0.2, 0.25) is 0 Å². The fourth-order valence-corrected chi connectivity index (χ4v) is 6.88. The van der Waals surface area contributed by atoms with Gasteiger partial charge < -0.3 is 15.0 Å². The predicted molar refractivity (Wildman–Crippen MR) is 183 cm³/mol. The molecule has 2 amide bonds. The van der Waals surface area contributed by atoms with Crippen LogP contribution in [0.5, 0.6) is 5.75 Å². The molecule has 1 atom stereocenters. The number of aromatic nitrogens is 4. The van der Waals surface area contributed by atoms with Crippen LogP contribution < -0.4 is 10.1 Å². The van der Waals surface area contributed by atoms with E-state index >= 15 is 0 Å². The van der Waals surface area contributed by atoms with Crippen molar-refractivity contribution in [2.45, 2.75) is 118 Å². The SMILES string of the molecule is CC(C)Oc1ccc(C2=NC3(CCC(C(C)(C)C)CC3)N([C@H](CCC(C)(C)C)c3ccc(C(=O)NCc4nn[nH]n4)cc3)C2=O)cc1. The quantitative estimate of drug-likeness (QED) is 0.244. The molecule has 10 nitrogen and oxygen atoms in total. The number of hydrogen-bond acceptors (Lipinski definition) is 7. The number of carbonyl (C=O) groups excluding carboxylic acids is 2. The van der Waals surface area contributed by atoms with Gasteiger partial charge in [0.05, 0.1) is 18.7 Å². The predicted octanol–water partition coefficient (Wildman–Crippen LogP) is 7.05. The molecule has 0 unspecified atom stereocenters. The second-order valence-electron chi connectivity index (χ2n) is 15.7. The molecule has 0 bridgehead atoms. The van der Waals surface area contributed by atoms with Crippen molar-refractivity contribution in [1.29, 1.82) is 0 Å². The Morgan fingerprint density at radius 1 is 1.02 bits per heavy atom. The molecule has 1 spiro atoms. The summed E-state index contributed by atoms with van der Waals surface area (Å²) in [5.41, 5.74) is 2.52. The van der Waals surface area contributed by atoms with E-state index in [1.807, 2.05) is 62.4 Å². The van der Waals surface area contributed by atoms with Crippen molar-refractivity contribution in [3.63, 3.8) is 0 Å². The van der Waals surface area contributed by atoms with Crippen molar-refractivity contribution in [3.8, 4) is 5.75 Å². The third-order valence-corrected chi connectivity index (χ3v) is 9.53. The topological polar surface area (TPSA) is 125 Å². The second kappa shape index (κ2) is 13.6. The van der Waals surface area contributed by atoms with Crippen molar-refractivity contribution in [2.24, 2.45) is 21.7 Å². The summed E-state index contributed by atoms with van der Waals surface area (Å²) in [5, 5.41) is 16.6. The van der Waals surface area contributed by atoms with Crippen LogP contribution in [0.15, 0.2) is 53.5 Å². The fraction of sp³-hybridized carbons (Fsp3) is 0.568. The zero-order valence-corrected chi connectivity index (χ0v) is 29.3. The first-order chi connectivity index (χ1) is 22.1. The van der Waals surface area contributed by atoms with Gasteiger partial charge in [-0.3, -0.25) is 14.6 Å². The molecule has 1 fully saturated rings. The Labute approximate surface area is 279 Å². The number of nitrogens with one attached hydrogen (secondary N) is 2. The smallest absolute Gasteiger partial charge is 0.275 e. The van der Waals surface area contributed by atoms with E-state index < -0.39 is 5.66 Å². The molecule has 5 rings (SSSR count). The Morgan fingerprint density at radius 2 is 1.68 bits per heavy atom. The first-order valence-electron chi connectivity index (χ1n) is 17.0. The van der Waals surface area contributed by atoms with Crippen molar-refractivity contribution >= 4 is 17.5 Å². The molecule has 2 aliphatic rings.